The van der Waals surface area contributed by atoms with Gasteiger partial charge in [0.05, 0.1) is 5.69 Å². The minimum absolute atomic E-state index is 0.125. The van der Waals surface area contributed by atoms with Crippen molar-refractivity contribution < 1.29 is 0 Å². The highest BCUT2D eigenvalue weighted by Crippen LogP contribution is 2.51. The van der Waals surface area contributed by atoms with Gasteiger partial charge in [-0.1, -0.05) is 68.3 Å². The highest BCUT2D eigenvalue weighted by atomic mass is 14.7. The number of fused-ring (bicyclic) bond motifs is 2. The zero-order valence-electron chi connectivity index (χ0n) is 18.9. The first-order valence-corrected chi connectivity index (χ1v) is 11.0. The molecule has 30 heavy (non-hydrogen) atoms. The largest absolute Gasteiger partial charge is 0.256 e. The van der Waals surface area contributed by atoms with Crippen LogP contribution in [-0.4, -0.2) is 4.98 Å². The van der Waals surface area contributed by atoms with E-state index in [4.69, 9.17) is 4.98 Å². The Morgan fingerprint density at radius 3 is 2.37 bits per heavy atom. The molecule has 0 spiro atoms. The minimum atomic E-state index is -0.125. The van der Waals surface area contributed by atoms with Gasteiger partial charge in [-0.25, -0.2) is 0 Å². The summed E-state index contributed by atoms with van der Waals surface area (Å²) < 4.78 is 0. The SMILES string of the molecule is CCc1cc(C)cc(-c2nccc3c2C(C)(C)c2cc(C)cc4cccc-3c24)c1C. The standard InChI is InChI=1S/C29H29N/c1-7-20-13-17(2)15-24(19(20)4)28-27-23(11-12-30-28)22-10-8-9-21-14-18(3)16-25(26(21)22)29(27,5)6/h8-16H,7H2,1-6H3. The molecule has 0 radical (unpaired) electrons. The van der Waals surface area contributed by atoms with E-state index in [1.54, 1.807) is 0 Å². The molecule has 150 valence electrons. The summed E-state index contributed by atoms with van der Waals surface area (Å²) in [7, 11) is 0. The Morgan fingerprint density at radius 1 is 0.833 bits per heavy atom. The van der Waals surface area contributed by atoms with Crippen LogP contribution < -0.4 is 0 Å². The molecule has 1 nitrogen and oxygen atoms in total. The lowest BCUT2D eigenvalue weighted by Gasteiger charge is -2.37. The van der Waals surface area contributed by atoms with Gasteiger partial charge in [0.2, 0.25) is 0 Å². The third-order valence-corrected chi connectivity index (χ3v) is 6.96. The molecule has 0 bridgehead atoms. The Labute approximate surface area is 179 Å². The molecule has 1 heterocycles. The molecule has 0 amide bonds. The summed E-state index contributed by atoms with van der Waals surface area (Å²) in [6, 6.07) is 18.3. The Balaban J connectivity index is 1.92. The normalized spacial score (nSPS) is 14.1. The van der Waals surface area contributed by atoms with Crippen molar-refractivity contribution in [3.8, 4) is 22.4 Å². The van der Waals surface area contributed by atoms with Crippen LogP contribution in [0.25, 0.3) is 33.2 Å². The van der Waals surface area contributed by atoms with Gasteiger partial charge in [0, 0.05) is 17.2 Å². The maximum Gasteiger partial charge on any atom is 0.0751 e. The zero-order valence-corrected chi connectivity index (χ0v) is 18.9. The van der Waals surface area contributed by atoms with E-state index >= 15 is 0 Å². The van der Waals surface area contributed by atoms with Crippen molar-refractivity contribution in [3.05, 3.63) is 88.1 Å². The number of hydrogen-bond donors (Lipinski definition) is 0. The first-order valence-electron chi connectivity index (χ1n) is 11.0. The van der Waals surface area contributed by atoms with Gasteiger partial charge in [-0.15, -0.1) is 0 Å². The maximum atomic E-state index is 4.99. The minimum Gasteiger partial charge on any atom is -0.256 e. The van der Waals surface area contributed by atoms with Crippen LogP contribution in [0.2, 0.25) is 0 Å². The summed E-state index contributed by atoms with van der Waals surface area (Å²) in [6.07, 6.45) is 3.04. The lowest BCUT2D eigenvalue weighted by atomic mass is 9.67. The number of benzene rings is 3. The van der Waals surface area contributed by atoms with Crippen molar-refractivity contribution in [2.45, 2.75) is 53.4 Å². The van der Waals surface area contributed by atoms with Gasteiger partial charge in [-0.05, 0) is 83.5 Å². The molecule has 4 aromatic rings. The average molecular weight is 392 g/mol. The monoisotopic (exact) mass is 391 g/mol. The number of aryl methyl sites for hydroxylation is 3. The van der Waals surface area contributed by atoms with Crippen molar-refractivity contribution in [1.82, 2.24) is 4.98 Å². The van der Waals surface area contributed by atoms with Gasteiger partial charge in [-0.2, -0.15) is 0 Å². The van der Waals surface area contributed by atoms with E-state index in [-0.39, 0.29) is 5.41 Å². The average Bonchev–Trinajstić information content (AvgIpc) is 2.72. The van der Waals surface area contributed by atoms with Crippen LogP contribution in [0.1, 0.15) is 54.2 Å². The van der Waals surface area contributed by atoms with Crippen LogP contribution >= 0.6 is 0 Å². The fourth-order valence-corrected chi connectivity index (χ4v) is 5.50. The maximum absolute atomic E-state index is 4.99. The molecule has 5 rings (SSSR count). The molecule has 1 aromatic heterocycles. The van der Waals surface area contributed by atoms with Gasteiger partial charge in [-0.3, -0.25) is 4.98 Å². The lowest BCUT2D eigenvalue weighted by Crippen LogP contribution is -2.25. The quantitative estimate of drug-likeness (QED) is 0.341. The molecule has 0 fully saturated rings. The van der Waals surface area contributed by atoms with Crippen LogP contribution in [0, 0.1) is 20.8 Å². The number of nitrogens with zero attached hydrogens (tertiary/aromatic N) is 1. The molecule has 0 atom stereocenters. The fraction of sp³-hybridized carbons (Fsp3) is 0.276. The third kappa shape index (κ3) is 2.58. The van der Waals surface area contributed by atoms with Crippen LogP contribution in [0.3, 0.4) is 0 Å². The Bertz CT molecular complexity index is 1320. The number of rotatable bonds is 2. The first-order chi connectivity index (χ1) is 14.3. The van der Waals surface area contributed by atoms with Gasteiger partial charge >= 0.3 is 0 Å². The number of hydrogen-bond acceptors (Lipinski definition) is 1. The predicted molar refractivity (Wildman–Crippen MR) is 128 cm³/mol. The van der Waals surface area contributed by atoms with E-state index in [0.29, 0.717) is 0 Å². The van der Waals surface area contributed by atoms with Crippen LogP contribution in [0.5, 0.6) is 0 Å². The first kappa shape index (κ1) is 19.1. The molecular weight excluding hydrogens is 362 g/mol. The van der Waals surface area contributed by atoms with Crippen LogP contribution in [-0.2, 0) is 11.8 Å². The summed E-state index contributed by atoms with van der Waals surface area (Å²) in [5, 5.41) is 2.73. The van der Waals surface area contributed by atoms with Crippen LogP contribution in [0.15, 0.2) is 54.7 Å². The second kappa shape index (κ2) is 6.54. The Hall–Kier alpha value is -2.93. The lowest BCUT2D eigenvalue weighted by molar-refractivity contribution is 0.643. The molecule has 0 unspecified atom stereocenters. The Kier molecular flexibility index (Phi) is 4.15. The second-order valence-corrected chi connectivity index (χ2v) is 9.37. The number of pyridine rings is 1. The van der Waals surface area contributed by atoms with E-state index < -0.39 is 0 Å². The second-order valence-electron chi connectivity index (χ2n) is 9.37. The van der Waals surface area contributed by atoms with Crippen molar-refractivity contribution in [2.24, 2.45) is 0 Å². The van der Waals surface area contributed by atoms with Gasteiger partial charge < -0.3 is 0 Å². The third-order valence-electron chi connectivity index (χ3n) is 6.96. The summed E-state index contributed by atoms with van der Waals surface area (Å²) in [6.45, 7) is 13.6. The summed E-state index contributed by atoms with van der Waals surface area (Å²) >= 11 is 0. The summed E-state index contributed by atoms with van der Waals surface area (Å²) in [5.41, 5.74) is 13.1. The van der Waals surface area contributed by atoms with Crippen molar-refractivity contribution in [2.75, 3.05) is 0 Å². The van der Waals surface area contributed by atoms with E-state index in [2.05, 4.69) is 90.1 Å². The van der Waals surface area contributed by atoms with E-state index in [0.717, 1.165) is 12.1 Å². The Morgan fingerprint density at radius 2 is 1.60 bits per heavy atom. The van der Waals surface area contributed by atoms with Crippen molar-refractivity contribution >= 4 is 10.8 Å². The van der Waals surface area contributed by atoms with Gasteiger partial charge in [0.25, 0.3) is 0 Å². The molecule has 1 aliphatic carbocycles. The molecule has 1 aliphatic rings. The predicted octanol–water partition coefficient (Wildman–Crippen LogP) is 7.70. The van der Waals surface area contributed by atoms with Gasteiger partial charge in [0.1, 0.15) is 0 Å². The van der Waals surface area contributed by atoms with Crippen LogP contribution in [0.4, 0.5) is 0 Å². The smallest absolute Gasteiger partial charge is 0.0751 e. The molecule has 0 N–H and O–H groups in total. The highest BCUT2D eigenvalue weighted by Gasteiger charge is 2.36. The topological polar surface area (TPSA) is 12.9 Å². The van der Waals surface area contributed by atoms with Gasteiger partial charge in [0.15, 0.2) is 0 Å². The van der Waals surface area contributed by atoms with E-state index in [1.807, 2.05) is 6.20 Å². The van der Waals surface area contributed by atoms with Crippen molar-refractivity contribution in [3.63, 3.8) is 0 Å². The van der Waals surface area contributed by atoms with E-state index in [1.165, 1.54) is 60.8 Å². The molecule has 0 saturated carbocycles. The molecular formula is C29H29N. The summed E-state index contributed by atoms with van der Waals surface area (Å²) in [4.78, 5) is 4.99. The fourth-order valence-electron chi connectivity index (χ4n) is 5.50. The molecule has 0 saturated heterocycles. The highest BCUT2D eigenvalue weighted by molar-refractivity contribution is 6.04. The zero-order chi connectivity index (χ0) is 21.2. The molecule has 1 heteroatoms. The molecule has 3 aromatic carbocycles. The summed E-state index contributed by atoms with van der Waals surface area (Å²) in [5.74, 6) is 0. The molecule has 0 aliphatic heterocycles. The van der Waals surface area contributed by atoms with E-state index in [9.17, 15) is 0 Å². The van der Waals surface area contributed by atoms with Crippen molar-refractivity contribution in [1.29, 1.82) is 0 Å². The number of aromatic nitrogens is 1.